The van der Waals surface area contributed by atoms with Gasteiger partial charge in [-0.25, -0.2) is 0 Å². The van der Waals surface area contributed by atoms with E-state index >= 15 is 0 Å². The molecule has 0 heterocycles. The van der Waals surface area contributed by atoms with Gasteiger partial charge in [0.1, 0.15) is 5.75 Å². The van der Waals surface area contributed by atoms with Crippen molar-refractivity contribution >= 4 is 17.5 Å². The van der Waals surface area contributed by atoms with E-state index in [1.165, 1.54) is 0 Å². The topological polar surface area (TPSA) is 58.6 Å². The van der Waals surface area contributed by atoms with Gasteiger partial charge in [-0.3, -0.25) is 4.79 Å². The molecular weight excluding hydrogens is 290 g/mol. The van der Waals surface area contributed by atoms with E-state index in [-0.39, 0.29) is 12.0 Å². The van der Waals surface area contributed by atoms with Crippen LogP contribution in [0.5, 0.6) is 5.75 Å². The van der Waals surface area contributed by atoms with Crippen LogP contribution in [-0.2, 0) is 11.2 Å². The summed E-state index contributed by atoms with van der Waals surface area (Å²) in [5.74, 6) is 1.10. The number of carbonyl (C=O) groups is 1. The number of halogens is 1. The maximum atomic E-state index is 11.8. The Kier molecular flexibility index (Phi) is 5.88. The summed E-state index contributed by atoms with van der Waals surface area (Å²) in [6, 6.07) is 5.57. The van der Waals surface area contributed by atoms with Crippen molar-refractivity contribution in [2.24, 2.45) is 5.92 Å². The molecule has 0 spiro atoms. The molecule has 2 rings (SSSR count). The first-order valence-electron chi connectivity index (χ1n) is 7.35. The summed E-state index contributed by atoms with van der Waals surface area (Å²) in [7, 11) is 1.58. The van der Waals surface area contributed by atoms with Crippen LogP contribution < -0.4 is 10.1 Å². The standard InChI is InChI=1S/C16H22ClNO3/c1-21-15-6-3-11(9-14(15)17)4-7-16(20)18-10-12-2-5-13(19)8-12/h3,6,9,12-13,19H,2,4-5,7-8,10H2,1H3,(H,18,20). The number of rotatable bonds is 6. The average Bonchev–Trinajstić information content (AvgIpc) is 2.89. The van der Waals surface area contributed by atoms with Crippen molar-refractivity contribution in [1.29, 1.82) is 0 Å². The molecule has 1 aromatic rings. The lowest BCUT2D eigenvalue weighted by Crippen LogP contribution is -2.28. The Morgan fingerprint density at radius 2 is 2.29 bits per heavy atom. The van der Waals surface area contributed by atoms with Gasteiger partial charge in [0.15, 0.2) is 0 Å². The second kappa shape index (κ2) is 7.66. The highest BCUT2D eigenvalue weighted by molar-refractivity contribution is 6.32. The smallest absolute Gasteiger partial charge is 0.220 e. The lowest BCUT2D eigenvalue weighted by molar-refractivity contribution is -0.121. The number of carbonyl (C=O) groups excluding carboxylic acids is 1. The zero-order valence-corrected chi connectivity index (χ0v) is 13.0. The van der Waals surface area contributed by atoms with Gasteiger partial charge in [0.05, 0.1) is 18.2 Å². The molecule has 0 saturated heterocycles. The molecule has 0 radical (unpaired) electrons. The fourth-order valence-corrected chi connectivity index (χ4v) is 2.98. The van der Waals surface area contributed by atoms with Crippen molar-refractivity contribution in [1.82, 2.24) is 5.32 Å². The zero-order valence-electron chi connectivity index (χ0n) is 12.3. The Morgan fingerprint density at radius 1 is 1.48 bits per heavy atom. The van der Waals surface area contributed by atoms with Crippen LogP contribution in [0.4, 0.5) is 0 Å². The Balaban J connectivity index is 1.72. The van der Waals surface area contributed by atoms with Gasteiger partial charge < -0.3 is 15.2 Å². The van der Waals surface area contributed by atoms with Gasteiger partial charge in [-0.1, -0.05) is 17.7 Å². The Labute approximate surface area is 130 Å². The number of nitrogens with one attached hydrogen (secondary N) is 1. The predicted molar refractivity (Wildman–Crippen MR) is 82.7 cm³/mol. The number of methoxy groups -OCH3 is 1. The van der Waals surface area contributed by atoms with E-state index < -0.39 is 0 Å². The molecule has 1 saturated carbocycles. The highest BCUT2D eigenvalue weighted by Crippen LogP contribution is 2.26. The third-order valence-corrected chi connectivity index (χ3v) is 4.25. The molecule has 4 nitrogen and oxygen atoms in total. The van der Waals surface area contributed by atoms with E-state index in [0.29, 0.717) is 36.1 Å². The number of ether oxygens (including phenoxy) is 1. The van der Waals surface area contributed by atoms with Crippen LogP contribution in [0.25, 0.3) is 0 Å². The van der Waals surface area contributed by atoms with Crippen LogP contribution in [-0.4, -0.2) is 30.8 Å². The summed E-state index contributed by atoms with van der Waals surface area (Å²) in [4.78, 5) is 11.8. The van der Waals surface area contributed by atoms with E-state index in [1.807, 2.05) is 18.2 Å². The van der Waals surface area contributed by atoms with Crippen LogP contribution in [0.2, 0.25) is 5.02 Å². The molecule has 21 heavy (non-hydrogen) atoms. The third kappa shape index (κ3) is 4.90. The number of hydrogen-bond donors (Lipinski definition) is 2. The zero-order chi connectivity index (χ0) is 15.2. The molecule has 116 valence electrons. The molecule has 1 aliphatic carbocycles. The van der Waals surface area contributed by atoms with Gasteiger partial charge in [-0.05, 0) is 49.3 Å². The van der Waals surface area contributed by atoms with Crippen molar-refractivity contribution in [3.8, 4) is 5.75 Å². The lowest BCUT2D eigenvalue weighted by atomic mass is 10.1. The maximum absolute atomic E-state index is 11.8. The molecule has 1 fully saturated rings. The number of aliphatic hydroxyl groups is 1. The average molecular weight is 312 g/mol. The molecule has 2 unspecified atom stereocenters. The number of aryl methyl sites for hydroxylation is 1. The Hall–Kier alpha value is -1.26. The molecule has 1 amide bonds. The fraction of sp³-hybridized carbons (Fsp3) is 0.562. The molecule has 1 aliphatic rings. The highest BCUT2D eigenvalue weighted by Gasteiger charge is 2.22. The third-order valence-electron chi connectivity index (χ3n) is 3.96. The molecule has 2 N–H and O–H groups in total. The van der Waals surface area contributed by atoms with E-state index in [4.69, 9.17) is 16.3 Å². The van der Waals surface area contributed by atoms with Crippen LogP contribution in [0, 0.1) is 5.92 Å². The van der Waals surface area contributed by atoms with Crippen LogP contribution in [0.3, 0.4) is 0 Å². The van der Waals surface area contributed by atoms with Gasteiger partial charge in [0.25, 0.3) is 0 Å². The van der Waals surface area contributed by atoms with E-state index in [9.17, 15) is 9.90 Å². The second-order valence-corrected chi connectivity index (χ2v) is 6.01. The summed E-state index contributed by atoms with van der Waals surface area (Å²) < 4.78 is 5.10. The van der Waals surface area contributed by atoms with Crippen molar-refractivity contribution in [2.75, 3.05) is 13.7 Å². The molecule has 5 heteroatoms. The lowest BCUT2D eigenvalue weighted by Gasteiger charge is -2.11. The van der Waals surface area contributed by atoms with Gasteiger partial charge in [-0.2, -0.15) is 0 Å². The molecule has 0 aromatic heterocycles. The minimum atomic E-state index is -0.187. The number of hydrogen-bond acceptors (Lipinski definition) is 3. The molecular formula is C16H22ClNO3. The van der Waals surface area contributed by atoms with Crippen LogP contribution in [0.1, 0.15) is 31.2 Å². The monoisotopic (exact) mass is 311 g/mol. The number of aliphatic hydroxyl groups excluding tert-OH is 1. The SMILES string of the molecule is COc1ccc(CCC(=O)NCC2CCC(O)C2)cc1Cl. The molecule has 2 atom stereocenters. The summed E-state index contributed by atoms with van der Waals surface area (Å²) in [5, 5.41) is 13.0. The minimum Gasteiger partial charge on any atom is -0.495 e. The maximum Gasteiger partial charge on any atom is 0.220 e. The predicted octanol–water partition coefficient (Wildman–Crippen LogP) is 2.56. The Morgan fingerprint density at radius 3 is 2.90 bits per heavy atom. The number of benzene rings is 1. The van der Waals surface area contributed by atoms with E-state index in [2.05, 4.69) is 5.32 Å². The first-order chi connectivity index (χ1) is 10.1. The summed E-state index contributed by atoms with van der Waals surface area (Å²) in [6.45, 7) is 0.666. The quantitative estimate of drug-likeness (QED) is 0.849. The van der Waals surface area contributed by atoms with Crippen LogP contribution >= 0.6 is 11.6 Å². The second-order valence-electron chi connectivity index (χ2n) is 5.61. The molecule has 1 aromatic carbocycles. The Bertz CT molecular complexity index is 492. The minimum absolute atomic E-state index is 0.0448. The number of amides is 1. The fourth-order valence-electron chi connectivity index (χ4n) is 2.70. The van der Waals surface area contributed by atoms with E-state index in [0.717, 1.165) is 24.8 Å². The van der Waals surface area contributed by atoms with Gasteiger partial charge in [-0.15, -0.1) is 0 Å². The van der Waals surface area contributed by atoms with E-state index in [1.54, 1.807) is 7.11 Å². The van der Waals surface area contributed by atoms with Gasteiger partial charge in [0.2, 0.25) is 5.91 Å². The van der Waals surface area contributed by atoms with Gasteiger partial charge in [0, 0.05) is 13.0 Å². The molecule has 0 aliphatic heterocycles. The first kappa shape index (κ1) is 16.1. The van der Waals surface area contributed by atoms with Crippen molar-refractivity contribution in [3.05, 3.63) is 28.8 Å². The van der Waals surface area contributed by atoms with Crippen molar-refractivity contribution in [2.45, 2.75) is 38.2 Å². The molecule has 0 bridgehead atoms. The first-order valence-corrected chi connectivity index (χ1v) is 7.73. The summed E-state index contributed by atoms with van der Waals surface area (Å²) in [5.41, 5.74) is 1.02. The van der Waals surface area contributed by atoms with Crippen LogP contribution in [0.15, 0.2) is 18.2 Å². The van der Waals surface area contributed by atoms with Crippen molar-refractivity contribution < 1.29 is 14.6 Å². The van der Waals surface area contributed by atoms with Gasteiger partial charge >= 0.3 is 0 Å². The summed E-state index contributed by atoms with van der Waals surface area (Å²) >= 11 is 6.06. The largest absolute Gasteiger partial charge is 0.495 e. The summed E-state index contributed by atoms with van der Waals surface area (Å²) in [6.07, 6.45) is 3.56. The normalized spacial score (nSPS) is 21.3. The van der Waals surface area contributed by atoms with Crippen molar-refractivity contribution in [3.63, 3.8) is 0 Å². The highest BCUT2D eigenvalue weighted by atomic mass is 35.5.